The van der Waals surface area contributed by atoms with E-state index in [2.05, 4.69) is 47.6 Å². The Morgan fingerprint density at radius 1 is 1.05 bits per heavy atom. The van der Waals surface area contributed by atoms with E-state index in [1.165, 1.54) is 16.5 Å². The highest BCUT2D eigenvalue weighted by Crippen LogP contribution is 2.28. The van der Waals surface area contributed by atoms with Crippen LogP contribution in [0.15, 0.2) is 60.9 Å². The first-order valence-electron chi connectivity index (χ1n) is 7.11. The number of halogens is 1. The minimum atomic E-state index is 0.117. The highest BCUT2D eigenvalue weighted by molar-refractivity contribution is 6.30. The van der Waals surface area contributed by atoms with Gasteiger partial charge in [0.25, 0.3) is 0 Å². The molecule has 1 aromatic heterocycles. The zero-order valence-corrected chi connectivity index (χ0v) is 12.6. The Balaban J connectivity index is 2.13. The van der Waals surface area contributed by atoms with Crippen molar-refractivity contribution in [3.8, 4) is 0 Å². The van der Waals surface area contributed by atoms with Crippen LogP contribution in [0.4, 0.5) is 0 Å². The van der Waals surface area contributed by atoms with Crippen molar-refractivity contribution < 1.29 is 0 Å². The molecule has 2 aromatic carbocycles. The first kappa shape index (κ1) is 14.1. The fraction of sp³-hybridized carbons (Fsp3) is 0.167. The lowest BCUT2D eigenvalue weighted by Crippen LogP contribution is -2.22. The van der Waals surface area contributed by atoms with Crippen molar-refractivity contribution >= 4 is 22.4 Å². The summed E-state index contributed by atoms with van der Waals surface area (Å²) in [6, 6.07) is 16.5. The number of pyridine rings is 1. The van der Waals surface area contributed by atoms with Crippen LogP contribution in [-0.4, -0.2) is 11.5 Å². The van der Waals surface area contributed by atoms with Crippen LogP contribution < -0.4 is 5.32 Å². The first-order chi connectivity index (χ1) is 10.3. The molecular formula is C18H17ClN2. The van der Waals surface area contributed by atoms with E-state index in [-0.39, 0.29) is 6.04 Å². The third-order valence-corrected chi connectivity index (χ3v) is 3.87. The minimum absolute atomic E-state index is 0.117. The molecule has 0 saturated carbocycles. The molecule has 3 heteroatoms. The van der Waals surface area contributed by atoms with Crippen LogP contribution in [0.2, 0.25) is 5.02 Å². The highest BCUT2D eigenvalue weighted by Gasteiger charge is 2.15. The van der Waals surface area contributed by atoms with Gasteiger partial charge in [-0.1, -0.05) is 54.9 Å². The van der Waals surface area contributed by atoms with Gasteiger partial charge in [0.05, 0.1) is 6.04 Å². The Morgan fingerprint density at radius 3 is 2.57 bits per heavy atom. The molecule has 1 atom stereocenters. The summed E-state index contributed by atoms with van der Waals surface area (Å²) in [5.74, 6) is 0. The van der Waals surface area contributed by atoms with Crippen LogP contribution in [-0.2, 0) is 0 Å². The summed E-state index contributed by atoms with van der Waals surface area (Å²) in [7, 11) is 0. The zero-order valence-electron chi connectivity index (χ0n) is 11.9. The van der Waals surface area contributed by atoms with Crippen LogP contribution in [0.1, 0.15) is 24.1 Å². The van der Waals surface area contributed by atoms with Gasteiger partial charge in [0.1, 0.15) is 0 Å². The molecule has 0 amide bonds. The van der Waals surface area contributed by atoms with Gasteiger partial charge in [0, 0.05) is 22.8 Å². The topological polar surface area (TPSA) is 24.9 Å². The van der Waals surface area contributed by atoms with Crippen molar-refractivity contribution in [1.82, 2.24) is 10.3 Å². The first-order valence-corrected chi connectivity index (χ1v) is 7.49. The maximum atomic E-state index is 6.00. The van der Waals surface area contributed by atoms with E-state index in [9.17, 15) is 0 Å². The lowest BCUT2D eigenvalue weighted by atomic mass is 9.95. The van der Waals surface area contributed by atoms with E-state index in [1.807, 2.05) is 30.6 Å². The molecule has 0 spiro atoms. The summed E-state index contributed by atoms with van der Waals surface area (Å²) in [5, 5.41) is 6.69. The van der Waals surface area contributed by atoms with Crippen LogP contribution in [0.3, 0.4) is 0 Å². The smallest absolute Gasteiger partial charge is 0.0598 e. The Bertz CT molecular complexity index is 732. The van der Waals surface area contributed by atoms with Gasteiger partial charge in [-0.05, 0) is 35.2 Å². The van der Waals surface area contributed by atoms with E-state index < -0.39 is 0 Å². The maximum absolute atomic E-state index is 6.00. The fourth-order valence-electron chi connectivity index (χ4n) is 2.64. The molecular weight excluding hydrogens is 280 g/mol. The van der Waals surface area contributed by atoms with Crippen molar-refractivity contribution in [2.75, 3.05) is 6.54 Å². The maximum Gasteiger partial charge on any atom is 0.0598 e. The molecule has 21 heavy (non-hydrogen) atoms. The van der Waals surface area contributed by atoms with Crippen LogP contribution in [0.25, 0.3) is 10.8 Å². The molecule has 1 heterocycles. The van der Waals surface area contributed by atoms with Crippen molar-refractivity contribution in [3.05, 3.63) is 77.1 Å². The standard InChI is InChI=1S/C18H17ClN2/c1-2-21-18(13-7-9-15(19)10-8-13)17-12-20-11-14-5-3-4-6-16(14)17/h3-12,18,21H,2H2,1H3. The van der Waals surface area contributed by atoms with Crippen molar-refractivity contribution in [2.24, 2.45) is 0 Å². The number of nitrogens with one attached hydrogen (secondary N) is 1. The number of hydrogen-bond donors (Lipinski definition) is 1. The molecule has 1 N–H and O–H groups in total. The fourth-order valence-corrected chi connectivity index (χ4v) is 2.76. The third-order valence-electron chi connectivity index (χ3n) is 3.62. The van der Waals surface area contributed by atoms with Gasteiger partial charge in [-0.3, -0.25) is 4.98 Å². The van der Waals surface area contributed by atoms with E-state index in [4.69, 9.17) is 11.6 Å². The quantitative estimate of drug-likeness (QED) is 0.762. The summed E-state index contributed by atoms with van der Waals surface area (Å²) < 4.78 is 0. The minimum Gasteiger partial charge on any atom is -0.306 e. The molecule has 0 radical (unpaired) electrons. The largest absolute Gasteiger partial charge is 0.306 e. The predicted molar refractivity (Wildman–Crippen MR) is 88.7 cm³/mol. The normalized spacial score (nSPS) is 12.5. The number of benzene rings is 2. The zero-order chi connectivity index (χ0) is 14.7. The van der Waals surface area contributed by atoms with E-state index in [0.717, 1.165) is 17.0 Å². The SMILES string of the molecule is CCNC(c1ccc(Cl)cc1)c1cncc2ccccc12. The lowest BCUT2D eigenvalue weighted by Gasteiger charge is -2.20. The Hall–Kier alpha value is -1.90. The number of fused-ring (bicyclic) bond motifs is 1. The second-order valence-electron chi connectivity index (χ2n) is 4.99. The summed E-state index contributed by atoms with van der Waals surface area (Å²) in [6.07, 6.45) is 3.86. The van der Waals surface area contributed by atoms with Gasteiger partial charge >= 0.3 is 0 Å². The summed E-state index contributed by atoms with van der Waals surface area (Å²) >= 11 is 6.00. The summed E-state index contributed by atoms with van der Waals surface area (Å²) in [5.41, 5.74) is 2.39. The highest BCUT2D eigenvalue weighted by atomic mass is 35.5. The molecule has 1 unspecified atom stereocenters. The van der Waals surface area contributed by atoms with E-state index in [0.29, 0.717) is 0 Å². The third kappa shape index (κ3) is 2.92. The van der Waals surface area contributed by atoms with Gasteiger partial charge in [-0.15, -0.1) is 0 Å². The van der Waals surface area contributed by atoms with Crippen LogP contribution >= 0.6 is 11.6 Å². The monoisotopic (exact) mass is 296 g/mol. The van der Waals surface area contributed by atoms with Gasteiger partial charge in [0.2, 0.25) is 0 Å². The second-order valence-corrected chi connectivity index (χ2v) is 5.43. The molecule has 106 valence electrons. The molecule has 3 aromatic rings. The Labute approximate surface area is 129 Å². The summed E-state index contributed by atoms with van der Waals surface area (Å²) in [6.45, 7) is 3.00. The van der Waals surface area contributed by atoms with Crippen LogP contribution in [0.5, 0.6) is 0 Å². The molecule has 0 saturated heterocycles. The molecule has 3 rings (SSSR count). The number of hydrogen-bond acceptors (Lipinski definition) is 2. The number of nitrogens with zero attached hydrogens (tertiary/aromatic N) is 1. The average Bonchev–Trinajstić information content (AvgIpc) is 2.53. The van der Waals surface area contributed by atoms with E-state index in [1.54, 1.807) is 0 Å². The van der Waals surface area contributed by atoms with Crippen molar-refractivity contribution in [2.45, 2.75) is 13.0 Å². The summed E-state index contributed by atoms with van der Waals surface area (Å²) in [4.78, 5) is 4.39. The molecule has 0 bridgehead atoms. The molecule has 0 aliphatic heterocycles. The molecule has 0 fully saturated rings. The van der Waals surface area contributed by atoms with Crippen LogP contribution in [0, 0.1) is 0 Å². The Kier molecular flexibility index (Phi) is 4.18. The second kappa shape index (κ2) is 6.25. The van der Waals surface area contributed by atoms with Crippen molar-refractivity contribution in [3.63, 3.8) is 0 Å². The Morgan fingerprint density at radius 2 is 1.81 bits per heavy atom. The van der Waals surface area contributed by atoms with Gasteiger partial charge in [-0.2, -0.15) is 0 Å². The van der Waals surface area contributed by atoms with Gasteiger partial charge in [-0.25, -0.2) is 0 Å². The van der Waals surface area contributed by atoms with Gasteiger partial charge in [0.15, 0.2) is 0 Å². The number of aromatic nitrogens is 1. The average molecular weight is 297 g/mol. The van der Waals surface area contributed by atoms with E-state index >= 15 is 0 Å². The molecule has 2 nitrogen and oxygen atoms in total. The molecule has 0 aliphatic rings. The van der Waals surface area contributed by atoms with Crippen molar-refractivity contribution in [1.29, 1.82) is 0 Å². The molecule has 0 aliphatic carbocycles. The predicted octanol–water partition coefficient (Wildman–Crippen LogP) is 4.59. The lowest BCUT2D eigenvalue weighted by molar-refractivity contribution is 0.633. The van der Waals surface area contributed by atoms with Gasteiger partial charge < -0.3 is 5.32 Å². The number of rotatable bonds is 4.